The van der Waals surface area contributed by atoms with Crippen molar-refractivity contribution in [3.05, 3.63) is 103 Å². The third kappa shape index (κ3) is 4.74. The van der Waals surface area contributed by atoms with Gasteiger partial charge in [0.05, 0.1) is 12.0 Å². The highest BCUT2D eigenvalue weighted by atomic mass is 32.2. The zero-order valence-corrected chi connectivity index (χ0v) is 20.6. The molecule has 7 heteroatoms. The summed E-state index contributed by atoms with van der Waals surface area (Å²) >= 11 is 0. The van der Waals surface area contributed by atoms with Crippen LogP contribution >= 0.6 is 0 Å². The Balaban J connectivity index is 1.49. The zero-order chi connectivity index (χ0) is 25.3. The highest BCUT2D eigenvalue weighted by Crippen LogP contribution is 2.30. The van der Waals surface area contributed by atoms with Gasteiger partial charge in [0.1, 0.15) is 5.75 Å². The molecule has 2 N–H and O–H groups in total. The maximum Gasteiger partial charge on any atom is 0.256 e. The van der Waals surface area contributed by atoms with E-state index in [1.165, 1.54) is 12.1 Å². The van der Waals surface area contributed by atoms with Crippen molar-refractivity contribution in [3.63, 3.8) is 0 Å². The molecule has 1 aromatic heterocycles. The Labute approximate surface area is 209 Å². The molecule has 1 heterocycles. The fraction of sp³-hybridized carbons (Fsp3) is 0.0690. The van der Waals surface area contributed by atoms with Gasteiger partial charge in [0, 0.05) is 39.7 Å². The van der Waals surface area contributed by atoms with Crippen LogP contribution in [0.4, 0.5) is 5.69 Å². The molecule has 0 aliphatic rings. The molecule has 6 nitrogen and oxygen atoms in total. The number of benzene rings is 4. The number of para-hydroxylation sites is 1. The van der Waals surface area contributed by atoms with Crippen molar-refractivity contribution in [2.75, 3.05) is 18.7 Å². The van der Waals surface area contributed by atoms with E-state index in [0.717, 1.165) is 28.4 Å². The van der Waals surface area contributed by atoms with Crippen LogP contribution in [-0.4, -0.2) is 32.7 Å². The van der Waals surface area contributed by atoms with Gasteiger partial charge in [-0.1, -0.05) is 42.5 Å². The van der Waals surface area contributed by atoms with E-state index in [0.29, 0.717) is 28.1 Å². The summed E-state index contributed by atoms with van der Waals surface area (Å²) in [7, 11) is -1.88. The molecule has 4 aromatic carbocycles. The Morgan fingerprint density at radius 3 is 2.33 bits per heavy atom. The Kier molecular flexibility index (Phi) is 6.08. The molecule has 0 spiro atoms. The predicted octanol–water partition coefficient (Wildman–Crippen LogP) is 6.17. The second-order valence-electron chi connectivity index (χ2n) is 8.51. The third-order valence-electron chi connectivity index (χ3n) is 6.03. The van der Waals surface area contributed by atoms with Crippen LogP contribution in [0.5, 0.6) is 5.75 Å². The van der Waals surface area contributed by atoms with Gasteiger partial charge in [-0.05, 0) is 65.7 Å². The van der Waals surface area contributed by atoms with E-state index in [1.807, 2.05) is 48.5 Å². The van der Waals surface area contributed by atoms with Crippen LogP contribution in [0.2, 0.25) is 0 Å². The van der Waals surface area contributed by atoms with Crippen LogP contribution in [0, 0.1) is 0 Å². The molecule has 5 rings (SSSR count). The number of nitrogens with one attached hydrogen (secondary N) is 2. The van der Waals surface area contributed by atoms with Crippen LogP contribution in [0.25, 0.3) is 33.3 Å². The number of amides is 1. The number of carbonyl (C=O) groups is 1. The number of aromatic nitrogens is 1. The van der Waals surface area contributed by atoms with E-state index in [1.54, 1.807) is 37.4 Å². The average Bonchev–Trinajstić information content (AvgIpc) is 3.32. The number of anilines is 1. The number of H-pyrrole nitrogens is 1. The fourth-order valence-corrected chi connectivity index (χ4v) is 4.80. The standard InChI is InChI=1S/C29H24N2O4S/c1-35-23-12-10-19(11-13-23)26-18-24(36(2,33)34)14-15-25(26)29(32)30-22-8-5-7-20(16-22)28-17-21-6-3-4-9-27(21)31-28/h3-18,31H,1-2H3,(H,30,32). The normalized spacial score (nSPS) is 11.4. The second-order valence-corrected chi connectivity index (χ2v) is 10.5. The Hall–Kier alpha value is -4.36. The van der Waals surface area contributed by atoms with Gasteiger partial charge in [0.2, 0.25) is 0 Å². The summed E-state index contributed by atoms with van der Waals surface area (Å²) in [6, 6.07) is 29.4. The van der Waals surface area contributed by atoms with Crippen molar-refractivity contribution in [2.24, 2.45) is 0 Å². The number of carbonyl (C=O) groups excluding carboxylic acids is 1. The van der Waals surface area contributed by atoms with E-state index < -0.39 is 9.84 Å². The van der Waals surface area contributed by atoms with Gasteiger partial charge in [-0.3, -0.25) is 4.79 Å². The summed E-state index contributed by atoms with van der Waals surface area (Å²) in [6.45, 7) is 0. The lowest BCUT2D eigenvalue weighted by Gasteiger charge is -2.13. The number of hydrogen-bond donors (Lipinski definition) is 2. The third-order valence-corrected chi connectivity index (χ3v) is 7.14. The lowest BCUT2D eigenvalue weighted by molar-refractivity contribution is 0.102. The van der Waals surface area contributed by atoms with Gasteiger partial charge >= 0.3 is 0 Å². The minimum Gasteiger partial charge on any atom is -0.497 e. The molecule has 0 aliphatic heterocycles. The van der Waals surface area contributed by atoms with Crippen molar-refractivity contribution >= 4 is 32.3 Å². The molecule has 0 radical (unpaired) electrons. The number of ether oxygens (including phenoxy) is 1. The summed E-state index contributed by atoms with van der Waals surface area (Å²) < 4.78 is 29.6. The van der Waals surface area contributed by atoms with Gasteiger partial charge in [0.15, 0.2) is 9.84 Å². The predicted molar refractivity (Wildman–Crippen MR) is 143 cm³/mol. The molecule has 0 fully saturated rings. The molecule has 0 bridgehead atoms. The highest BCUT2D eigenvalue weighted by molar-refractivity contribution is 7.90. The summed E-state index contributed by atoms with van der Waals surface area (Å²) in [6.07, 6.45) is 1.15. The Morgan fingerprint density at radius 1 is 0.833 bits per heavy atom. The van der Waals surface area contributed by atoms with Gasteiger partial charge < -0.3 is 15.0 Å². The van der Waals surface area contributed by atoms with Gasteiger partial charge in [-0.2, -0.15) is 0 Å². The number of methoxy groups -OCH3 is 1. The SMILES string of the molecule is COc1ccc(-c2cc(S(C)(=O)=O)ccc2C(=O)Nc2cccc(-c3cc4ccccc4[nH]3)c2)cc1. The number of hydrogen-bond acceptors (Lipinski definition) is 4. The monoisotopic (exact) mass is 496 g/mol. The Morgan fingerprint density at radius 2 is 1.61 bits per heavy atom. The molecule has 0 unspecified atom stereocenters. The van der Waals surface area contributed by atoms with Crippen molar-refractivity contribution < 1.29 is 17.9 Å². The first-order valence-corrected chi connectivity index (χ1v) is 13.2. The van der Waals surface area contributed by atoms with Gasteiger partial charge in [-0.25, -0.2) is 8.42 Å². The van der Waals surface area contributed by atoms with E-state index in [9.17, 15) is 13.2 Å². The molecule has 0 aliphatic carbocycles. The molecule has 36 heavy (non-hydrogen) atoms. The lowest BCUT2D eigenvalue weighted by Crippen LogP contribution is -2.14. The first-order valence-electron chi connectivity index (χ1n) is 11.3. The maximum atomic E-state index is 13.4. The number of aromatic amines is 1. The van der Waals surface area contributed by atoms with Crippen LogP contribution in [-0.2, 0) is 9.84 Å². The van der Waals surface area contributed by atoms with Crippen LogP contribution in [0.15, 0.2) is 102 Å². The van der Waals surface area contributed by atoms with Crippen molar-refractivity contribution in [3.8, 4) is 28.1 Å². The first-order chi connectivity index (χ1) is 17.3. The minimum absolute atomic E-state index is 0.144. The topological polar surface area (TPSA) is 88.3 Å². The molecule has 180 valence electrons. The van der Waals surface area contributed by atoms with Gasteiger partial charge in [0.25, 0.3) is 5.91 Å². The maximum absolute atomic E-state index is 13.4. The number of rotatable bonds is 6. The van der Waals surface area contributed by atoms with Crippen LogP contribution in [0.1, 0.15) is 10.4 Å². The van der Waals surface area contributed by atoms with Crippen LogP contribution < -0.4 is 10.1 Å². The van der Waals surface area contributed by atoms with E-state index >= 15 is 0 Å². The van der Waals surface area contributed by atoms with Crippen LogP contribution in [0.3, 0.4) is 0 Å². The summed E-state index contributed by atoms with van der Waals surface area (Å²) in [5.74, 6) is 0.326. The first kappa shape index (κ1) is 23.4. The Bertz CT molecular complexity index is 1650. The number of fused-ring (bicyclic) bond motifs is 1. The largest absolute Gasteiger partial charge is 0.497 e. The van der Waals surface area contributed by atoms with Gasteiger partial charge in [-0.15, -0.1) is 0 Å². The molecular formula is C29H24N2O4S. The quantitative estimate of drug-likeness (QED) is 0.294. The summed E-state index contributed by atoms with van der Waals surface area (Å²) in [5, 5.41) is 4.07. The fourth-order valence-electron chi connectivity index (χ4n) is 4.15. The second kappa shape index (κ2) is 9.36. The summed E-state index contributed by atoms with van der Waals surface area (Å²) in [4.78, 5) is 16.9. The van der Waals surface area contributed by atoms with E-state index in [2.05, 4.69) is 16.4 Å². The number of sulfone groups is 1. The molecule has 5 aromatic rings. The molecule has 0 atom stereocenters. The molecule has 1 amide bonds. The van der Waals surface area contributed by atoms with Crippen molar-refractivity contribution in [1.29, 1.82) is 0 Å². The highest BCUT2D eigenvalue weighted by Gasteiger charge is 2.18. The lowest BCUT2D eigenvalue weighted by atomic mass is 9.99. The van der Waals surface area contributed by atoms with Crippen molar-refractivity contribution in [1.82, 2.24) is 4.98 Å². The zero-order valence-electron chi connectivity index (χ0n) is 19.8. The van der Waals surface area contributed by atoms with E-state index in [4.69, 9.17) is 4.74 Å². The molecule has 0 saturated carbocycles. The summed E-state index contributed by atoms with van der Waals surface area (Å²) in [5.41, 5.74) is 5.14. The molecular weight excluding hydrogens is 472 g/mol. The minimum atomic E-state index is -3.45. The molecule has 0 saturated heterocycles. The smallest absolute Gasteiger partial charge is 0.256 e. The van der Waals surface area contributed by atoms with Crippen molar-refractivity contribution in [2.45, 2.75) is 4.90 Å². The van der Waals surface area contributed by atoms with E-state index in [-0.39, 0.29) is 10.8 Å². The average molecular weight is 497 g/mol.